The number of hydrogen-bond acceptors (Lipinski definition) is 5. The van der Waals surface area contributed by atoms with Gasteiger partial charge >= 0.3 is 5.69 Å². The second-order valence-electron chi connectivity index (χ2n) is 6.19. The first kappa shape index (κ1) is 19.1. The number of aryl methyl sites for hydroxylation is 1. The summed E-state index contributed by atoms with van der Waals surface area (Å²) in [5, 5.41) is 18.3. The van der Waals surface area contributed by atoms with E-state index in [0.29, 0.717) is 6.54 Å². The zero-order valence-electron chi connectivity index (χ0n) is 15.6. The van der Waals surface area contributed by atoms with Crippen LogP contribution in [0.1, 0.15) is 17.0 Å². The van der Waals surface area contributed by atoms with Crippen LogP contribution in [0.4, 0.5) is 5.69 Å². The highest BCUT2D eigenvalue weighted by atomic mass is 16.6. The van der Waals surface area contributed by atoms with E-state index in [0.717, 1.165) is 22.6 Å². The molecule has 8 nitrogen and oxygen atoms in total. The van der Waals surface area contributed by atoms with Gasteiger partial charge in [0.25, 0.3) is 5.91 Å². The van der Waals surface area contributed by atoms with Crippen LogP contribution in [0.25, 0.3) is 5.69 Å². The number of rotatable bonds is 7. The fourth-order valence-corrected chi connectivity index (χ4v) is 2.86. The molecule has 0 saturated heterocycles. The Morgan fingerprint density at radius 1 is 1.14 bits per heavy atom. The van der Waals surface area contributed by atoms with Gasteiger partial charge in [-0.1, -0.05) is 30.3 Å². The van der Waals surface area contributed by atoms with Gasteiger partial charge < -0.3 is 10.1 Å². The molecule has 0 fully saturated rings. The molecule has 0 unspecified atom stereocenters. The molecule has 28 heavy (non-hydrogen) atoms. The summed E-state index contributed by atoms with van der Waals surface area (Å²) in [6, 6.07) is 15.7. The molecule has 1 amide bonds. The maximum absolute atomic E-state index is 12.1. The Kier molecular flexibility index (Phi) is 5.69. The highest BCUT2D eigenvalue weighted by Crippen LogP contribution is 2.25. The second kappa shape index (κ2) is 8.34. The third kappa shape index (κ3) is 4.17. The average Bonchev–Trinajstić information content (AvgIpc) is 2.99. The van der Waals surface area contributed by atoms with Gasteiger partial charge in [-0.25, -0.2) is 4.68 Å². The van der Waals surface area contributed by atoms with Crippen molar-refractivity contribution in [2.24, 2.45) is 0 Å². The number of nitrogens with zero attached hydrogens (tertiary/aromatic N) is 3. The Hall–Kier alpha value is -3.68. The second-order valence-corrected chi connectivity index (χ2v) is 6.19. The van der Waals surface area contributed by atoms with E-state index in [4.69, 9.17) is 4.74 Å². The molecule has 0 saturated carbocycles. The van der Waals surface area contributed by atoms with Gasteiger partial charge in [0, 0.05) is 23.9 Å². The molecule has 2 aromatic carbocycles. The lowest BCUT2D eigenvalue weighted by Gasteiger charge is -2.09. The van der Waals surface area contributed by atoms with Crippen molar-refractivity contribution in [1.82, 2.24) is 15.1 Å². The molecular formula is C20H20N4O4. The molecule has 0 spiro atoms. The monoisotopic (exact) mass is 380 g/mol. The van der Waals surface area contributed by atoms with Crippen LogP contribution in [0.5, 0.6) is 5.75 Å². The smallest absolute Gasteiger partial charge is 0.310 e. The van der Waals surface area contributed by atoms with Crippen LogP contribution in [0.3, 0.4) is 0 Å². The zero-order chi connectivity index (χ0) is 20.1. The van der Waals surface area contributed by atoms with Gasteiger partial charge in [0.15, 0.2) is 12.4 Å². The molecule has 0 aliphatic carbocycles. The summed E-state index contributed by atoms with van der Waals surface area (Å²) in [5.74, 6) is -0.309. The number of carbonyl (C=O) groups excluding carboxylic acids is 1. The van der Waals surface area contributed by atoms with E-state index in [1.54, 1.807) is 12.1 Å². The minimum absolute atomic E-state index is 0.0620. The van der Waals surface area contributed by atoms with Crippen molar-refractivity contribution in [1.29, 1.82) is 0 Å². The number of nitro benzene ring substituents is 1. The molecular weight excluding hydrogens is 360 g/mol. The Morgan fingerprint density at radius 3 is 2.54 bits per heavy atom. The normalized spacial score (nSPS) is 10.5. The predicted octanol–water partition coefficient (Wildman–Crippen LogP) is 3.09. The molecule has 1 N–H and O–H groups in total. The van der Waals surface area contributed by atoms with Gasteiger partial charge in [-0.3, -0.25) is 14.9 Å². The van der Waals surface area contributed by atoms with Gasteiger partial charge in [0.2, 0.25) is 0 Å². The summed E-state index contributed by atoms with van der Waals surface area (Å²) >= 11 is 0. The van der Waals surface area contributed by atoms with Gasteiger partial charge in [-0.05, 0) is 32.0 Å². The van der Waals surface area contributed by atoms with Gasteiger partial charge in [0.05, 0.1) is 16.3 Å². The summed E-state index contributed by atoms with van der Waals surface area (Å²) in [5.41, 5.74) is 3.44. The maximum atomic E-state index is 12.1. The van der Waals surface area contributed by atoms with Crippen molar-refractivity contribution < 1.29 is 14.5 Å². The molecule has 3 aromatic rings. The number of aromatic nitrogens is 2. The number of benzene rings is 2. The van der Waals surface area contributed by atoms with Crippen molar-refractivity contribution in [2.75, 3.05) is 6.61 Å². The predicted molar refractivity (Wildman–Crippen MR) is 103 cm³/mol. The molecule has 0 atom stereocenters. The minimum atomic E-state index is -0.544. The minimum Gasteiger partial charge on any atom is -0.477 e. The van der Waals surface area contributed by atoms with E-state index in [9.17, 15) is 14.9 Å². The number of nitro groups is 1. The Morgan fingerprint density at radius 2 is 1.82 bits per heavy atom. The van der Waals surface area contributed by atoms with Crippen LogP contribution in [0, 0.1) is 24.0 Å². The molecule has 0 aliphatic heterocycles. The maximum Gasteiger partial charge on any atom is 0.310 e. The van der Waals surface area contributed by atoms with E-state index in [1.807, 2.05) is 48.9 Å². The first-order valence-electron chi connectivity index (χ1n) is 8.71. The summed E-state index contributed by atoms with van der Waals surface area (Å²) in [7, 11) is 0. The molecule has 144 valence electrons. The van der Waals surface area contributed by atoms with E-state index < -0.39 is 4.92 Å². The lowest BCUT2D eigenvalue weighted by atomic mass is 10.2. The van der Waals surface area contributed by atoms with Gasteiger partial charge in [-0.2, -0.15) is 5.10 Å². The van der Waals surface area contributed by atoms with E-state index in [-0.39, 0.29) is 24.0 Å². The highest BCUT2D eigenvalue weighted by Gasteiger charge is 2.16. The third-order valence-electron chi connectivity index (χ3n) is 4.32. The molecule has 0 radical (unpaired) electrons. The SMILES string of the molecule is Cc1nn(-c2ccccc2)c(C)c1CNC(=O)COc1ccccc1[N+](=O)[O-]. The molecule has 3 rings (SSSR count). The topological polar surface area (TPSA) is 99.3 Å². The number of nitrogens with one attached hydrogen (secondary N) is 1. The fourth-order valence-electron chi connectivity index (χ4n) is 2.86. The lowest BCUT2D eigenvalue weighted by Crippen LogP contribution is -2.28. The van der Waals surface area contributed by atoms with E-state index in [1.165, 1.54) is 12.1 Å². The Balaban J connectivity index is 1.63. The van der Waals surface area contributed by atoms with Crippen LogP contribution >= 0.6 is 0 Å². The van der Waals surface area contributed by atoms with Crippen LogP contribution in [-0.2, 0) is 11.3 Å². The Bertz CT molecular complexity index is 999. The summed E-state index contributed by atoms with van der Waals surface area (Å²) in [6.45, 7) is 3.81. The number of amides is 1. The number of hydrogen-bond donors (Lipinski definition) is 1. The van der Waals surface area contributed by atoms with Crippen LogP contribution in [0.15, 0.2) is 54.6 Å². The standard InChI is InChI=1S/C20H20N4O4/c1-14-17(15(2)23(22-14)16-8-4-3-5-9-16)12-21-20(25)13-28-19-11-7-6-10-18(19)24(26)27/h3-11H,12-13H2,1-2H3,(H,21,25). The summed E-state index contributed by atoms with van der Waals surface area (Å²) in [4.78, 5) is 22.6. The summed E-state index contributed by atoms with van der Waals surface area (Å²) < 4.78 is 7.14. The van der Waals surface area contributed by atoms with Crippen LogP contribution < -0.4 is 10.1 Å². The van der Waals surface area contributed by atoms with Gasteiger partial charge in [-0.15, -0.1) is 0 Å². The molecule has 1 heterocycles. The third-order valence-corrected chi connectivity index (χ3v) is 4.32. The molecule has 8 heteroatoms. The fraction of sp³-hybridized carbons (Fsp3) is 0.200. The first-order valence-corrected chi connectivity index (χ1v) is 8.71. The largest absolute Gasteiger partial charge is 0.477 e. The summed E-state index contributed by atoms with van der Waals surface area (Å²) in [6.07, 6.45) is 0. The average molecular weight is 380 g/mol. The van der Waals surface area contributed by atoms with Crippen LogP contribution in [-0.4, -0.2) is 27.2 Å². The van der Waals surface area contributed by atoms with Crippen molar-refractivity contribution in [2.45, 2.75) is 20.4 Å². The zero-order valence-corrected chi connectivity index (χ0v) is 15.6. The number of ether oxygens (including phenoxy) is 1. The van der Waals surface area contributed by atoms with Crippen LogP contribution in [0.2, 0.25) is 0 Å². The van der Waals surface area contributed by atoms with Crippen molar-refractivity contribution >= 4 is 11.6 Å². The molecule has 1 aromatic heterocycles. The van der Waals surface area contributed by atoms with Gasteiger partial charge in [0.1, 0.15) is 0 Å². The molecule has 0 aliphatic rings. The number of carbonyl (C=O) groups is 1. The number of para-hydroxylation sites is 3. The van der Waals surface area contributed by atoms with Crippen molar-refractivity contribution in [3.63, 3.8) is 0 Å². The van der Waals surface area contributed by atoms with E-state index >= 15 is 0 Å². The first-order chi connectivity index (χ1) is 13.5. The van der Waals surface area contributed by atoms with Crippen molar-refractivity contribution in [3.05, 3.63) is 81.7 Å². The van der Waals surface area contributed by atoms with Crippen molar-refractivity contribution in [3.8, 4) is 11.4 Å². The lowest BCUT2D eigenvalue weighted by molar-refractivity contribution is -0.385. The Labute approximate surface area is 161 Å². The van der Waals surface area contributed by atoms with E-state index in [2.05, 4.69) is 10.4 Å². The highest BCUT2D eigenvalue weighted by molar-refractivity contribution is 5.77. The molecule has 0 bridgehead atoms. The quantitative estimate of drug-likeness (QED) is 0.502.